The van der Waals surface area contributed by atoms with Gasteiger partial charge in [0.05, 0.1) is 0 Å². The molecule has 0 spiro atoms. The molecule has 15 heavy (non-hydrogen) atoms. The first-order valence-electron chi connectivity index (χ1n) is 4.90. The molecule has 1 unspecified atom stereocenters. The lowest BCUT2D eigenvalue weighted by molar-refractivity contribution is 0.250. The fraction of sp³-hybridized carbons (Fsp3) is 0.455. The number of hydrogen-bond donors (Lipinski definition) is 2. The fourth-order valence-electron chi connectivity index (χ4n) is 1.15. The third-order valence-electron chi connectivity index (χ3n) is 2.09. The molecule has 0 radical (unpaired) electrons. The highest BCUT2D eigenvalue weighted by Gasteiger charge is 2.09. The number of thioether (sulfide) groups is 1. The van der Waals surface area contributed by atoms with Gasteiger partial charge in [0.1, 0.15) is 5.82 Å². The zero-order valence-electron chi connectivity index (χ0n) is 8.74. The monoisotopic (exact) mass is 229 g/mol. The Kier molecular flexibility index (Phi) is 5.08. The van der Waals surface area contributed by atoms with Crippen molar-refractivity contribution in [3.8, 4) is 0 Å². The van der Waals surface area contributed by atoms with Crippen molar-refractivity contribution in [2.75, 3.05) is 12.4 Å². The average molecular weight is 229 g/mol. The van der Waals surface area contributed by atoms with Crippen LogP contribution in [0.25, 0.3) is 0 Å². The Bertz CT molecular complexity index is 319. The molecule has 1 rings (SSSR count). The van der Waals surface area contributed by atoms with Gasteiger partial charge < -0.3 is 10.8 Å². The Hall–Kier alpha value is -0.580. The Labute approximate surface area is 93.7 Å². The summed E-state index contributed by atoms with van der Waals surface area (Å²) in [5, 5.41) is 8.88. The minimum Gasteiger partial charge on any atom is -0.396 e. The molecule has 0 fully saturated rings. The molecule has 1 aromatic carbocycles. The van der Waals surface area contributed by atoms with Gasteiger partial charge in [-0.1, -0.05) is 19.1 Å². The van der Waals surface area contributed by atoms with Crippen LogP contribution < -0.4 is 5.73 Å². The third kappa shape index (κ3) is 3.48. The first-order valence-corrected chi connectivity index (χ1v) is 5.88. The average Bonchev–Trinajstić information content (AvgIpc) is 2.26. The molecule has 0 aliphatic rings. The Morgan fingerprint density at radius 3 is 2.87 bits per heavy atom. The fourth-order valence-corrected chi connectivity index (χ4v) is 2.25. The molecule has 1 atom stereocenters. The second kappa shape index (κ2) is 6.10. The quantitative estimate of drug-likeness (QED) is 0.759. The van der Waals surface area contributed by atoms with Crippen molar-refractivity contribution in [2.24, 2.45) is 11.7 Å². The van der Waals surface area contributed by atoms with Crippen LogP contribution in [-0.2, 0) is 6.54 Å². The van der Waals surface area contributed by atoms with E-state index in [-0.39, 0.29) is 18.3 Å². The summed E-state index contributed by atoms with van der Waals surface area (Å²) in [5.41, 5.74) is 6.35. The predicted molar refractivity (Wildman–Crippen MR) is 61.3 cm³/mol. The second-order valence-electron chi connectivity index (χ2n) is 3.53. The van der Waals surface area contributed by atoms with Crippen LogP contribution in [0.15, 0.2) is 23.1 Å². The lowest BCUT2D eigenvalue weighted by atomic mass is 10.2. The van der Waals surface area contributed by atoms with E-state index in [1.54, 1.807) is 6.07 Å². The topological polar surface area (TPSA) is 46.2 Å². The molecule has 0 aliphatic carbocycles. The van der Waals surface area contributed by atoms with Crippen molar-refractivity contribution in [3.05, 3.63) is 29.6 Å². The SMILES string of the molecule is CC(CO)CSc1c(F)cccc1CN. The van der Waals surface area contributed by atoms with Crippen LogP contribution in [0.3, 0.4) is 0 Å². The number of aliphatic hydroxyl groups is 1. The highest BCUT2D eigenvalue weighted by molar-refractivity contribution is 7.99. The molecule has 84 valence electrons. The van der Waals surface area contributed by atoms with Gasteiger partial charge >= 0.3 is 0 Å². The van der Waals surface area contributed by atoms with Gasteiger partial charge in [0.25, 0.3) is 0 Å². The van der Waals surface area contributed by atoms with E-state index >= 15 is 0 Å². The van der Waals surface area contributed by atoms with Crippen LogP contribution in [0, 0.1) is 11.7 Å². The zero-order valence-corrected chi connectivity index (χ0v) is 9.56. The summed E-state index contributed by atoms with van der Waals surface area (Å²) in [5.74, 6) is 0.637. The van der Waals surface area contributed by atoms with Crippen molar-refractivity contribution in [3.63, 3.8) is 0 Å². The van der Waals surface area contributed by atoms with Crippen LogP contribution in [0.5, 0.6) is 0 Å². The van der Waals surface area contributed by atoms with Gasteiger partial charge in [0.15, 0.2) is 0 Å². The van der Waals surface area contributed by atoms with E-state index in [9.17, 15) is 4.39 Å². The maximum atomic E-state index is 13.5. The molecule has 0 heterocycles. The summed E-state index contributed by atoms with van der Waals surface area (Å²) in [6, 6.07) is 4.93. The Morgan fingerprint density at radius 1 is 1.53 bits per heavy atom. The second-order valence-corrected chi connectivity index (χ2v) is 4.56. The van der Waals surface area contributed by atoms with E-state index < -0.39 is 0 Å². The molecular formula is C11H16FNOS. The molecule has 4 heteroatoms. The predicted octanol–water partition coefficient (Wildman–Crippen LogP) is 2.00. The van der Waals surface area contributed by atoms with Crippen LogP contribution in [0.2, 0.25) is 0 Å². The summed E-state index contributed by atoms with van der Waals surface area (Å²) in [6.07, 6.45) is 0. The van der Waals surface area contributed by atoms with E-state index in [2.05, 4.69) is 0 Å². The van der Waals surface area contributed by atoms with Crippen LogP contribution >= 0.6 is 11.8 Å². The first kappa shape index (κ1) is 12.5. The molecule has 0 saturated heterocycles. The lowest BCUT2D eigenvalue weighted by Gasteiger charge is -2.11. The largest absolute Gasteiger partial charge is 0.396 e. The van der Waals surface area contributed by atoms with E-state index in [0.29, 0.717) is 17.2 Å². The Morgan fingerprint density at radius 2 is 2.27 bits per heavy atom. The standard InChI is InChI=1S/C11H16FNOS/c1-8(6-14)7-15-11-9(5-13)3-2-4-10(11)12/h2-4,8,14H,5-7,13H2,1H3. The third-order valence-corrected chi connectivity index (χ3v) is 3.57. The number of aliphatic hydroxyl groups excluding tert-OH is 1. The summed E-state index contributed by atoms with van der Waals surface area (Å²) >= 11 is 1.42. The summed E-state index contributed by atoms with van der Waals surface area (Å²) in [4.78, 5) is 0.611. The van der Waals surface area contributed by atoms with Gasteiger partial charge in [-0.3, -0.25) is 0 Å². The van der Waals surface area contributed by atoms with Gasteiger partial charge in [-0.25, -0.2) is 4.39 Å². The highest BCUT2D eigenvalue weighted by Crippen LogP contribution is 2.27. The molecule has 0 amide bonds. The molecule has 1 aromatic rings. The number of hydrogen-bond acceptors (Lipinski definition) is 3. The van der Waals surface area contributed by atoms with E-state index in [4.69, 9.17) is 10.8 Å². The highest BCUT2D eigenvalue weighted by atomic mass is 32.2. The van der Waals surface area contributed by atoms with Crippen molar-refractivity contribution in [2.45, 2.75) is 18.4 Å². The minimum absolute atomic E-state index is 0.124. The number of rotatable bonds is 5. The maximum absolute atomic E-state index is 13.5. The van der Waals surface area contributed by atoms with E-state index in [0.717, 1.165) is 5.56 Å². The van der Waals surface area contributed by atoms with Crippen molar-refractivity contribution in [1.29, 1.82) is 0 Å². The molecule has 3 N–H and O–H groups in total. The minimum atomic E-state index is -0.229. The molecule has 0 aliphatic heterocycles. The molecule has 2 nitrogen and oxygen atoms in total. The molecular weight excluding hydrogens is 213 g/mol. The van der Waals surface area contributed by atoms with Crippen LogP contribution in [0.1, 0.15) is 12.5 Å². The summed E-state index contributed by atoms with van der Waals surface area (Å²) in [6.45, 7) is 2.39. The van der Waals surface area contributed by atoms with Crippen LogP contribution in [0.4, 0.5) is 4.39 Å². The Balaban J connectivity index is 2.74. The summed E-state index contributed by atoms with van der Waals surface area (Å²) in [7, 11) is 0. The normalized spacial score (nSPS) is 12.8. The molecule has 0 aromatic heterocycles. The lowest BCUT2D eigenvalue weighted by Crippen LogP contribution is -2.05. The van der Waals surface area contributed by atoms with Gasteiger partial charge in [-0.15, -0.1) is 11.8 Å². The van der Waals surface area contributed by atoms with Gasteiger partial charge in [-0.2, -0.15) is 0 Å². The molecule has 0 saturated carbocycles. The van der Waals surface area contributed by atoms with Gasteiger partial charge in [0.2, 0.25) is 0 Å². The summed E-state index contributed by atoms with van der Waals surface area (Å²) < 4.78 is 13.5. The zero-order chi connectivity index (χ0) is 11.3. The maximum Gasteiger partial charge on any atom is 0.137 e. The van der Waals surface area contributed by atoms with Gasteiger partial charge in [0, 0.05) is 23.8 Å². The van der Waals surface area contributed by atoms with Crippen molar-refractivity contribution >= 4 is 11.8 Å². The van der Waals surface area contributed by atoms with Crippen molar-refractivity contribution in [1.82, 2.24) is 0 Å². The number of halogens is 1. The van der Waals surface area contributed by atoms with Gasteiger partial charge in [-0.05, 0) is 17.5 Å². The smallest absolute Gasteiger partial charge is 0.137 e. The number of nitrogens with two attached hydrogens (primary N) is 1. The first-order chi connectivity index (χ1) is 7.19. The van der Waals surface area contributed by atoms with E-state index in [1.807, 2.05) is 13.0 Å². The number of benzene rings is 1. The van der Waals surface area contributed by atoms with Crippen molar-refractivity contribution < 1.29 is 9.50 Å². The molecule has 0 bridgehead atoms. The van der Waals surface area contributed by atoms with Crippen LogP contribution in [-0.4, -0.2) is 17.5 Å². The van der Waals surface area contributed by atoms with E-state index in [1.165, 1.54) is 17.8 Å².